The third-order valence-corrected chi connectivity index (χ3v) is 3.72. The van der Waals surface area contributed by atoms with Crippen LogP contribution in [-0.2, 0) is 6.54 Å². The molecule has 3 rings (SSSR count). The van der Waals surface area contributed by atoms with Crippen molar-refractivity contribution in [3.8, 4) is 5.69 Å². The van der Waals surface area contributed by atoms with Crippen LogP contribution in [-0.4, -0.2) is 33.8 Å². The summed E-state index contributed by atoms with van der Waals surface area (Å²) >= 11 is 0. The first-order chi connectivity index (χ1) is 10.3. The largest absolute Gasteiger partial charge is 0.353 e. The highest BCUT2D eigenvalue weighted by Crippen LogP contribution is 2.28. The normalized spacial score (nSPS) is 20.2. The Bertz CT molecular complexity index is 624. The summed E-state index contributed by atoms with van der Waals surface area (Å²) in [6, 6.07) is 10.6. The predicted molar refractivity (Wildman–Crippen MR) is 97.7 cm³/mol. The summed E-state index contributed by atoms with van der Waals surface area (Å²) < 4.78 is 1.97. The van der Waals surface area contributed by atoms with Gasteiger partial charge in [0.25, 0.3) is 0 Å². The van der Waals surface area contributed by atoms with Crippen LogP contribution in [0.2, 0.25) is 0 Å². The van der Waals surface area contributed by atoms with E-state index in [1.54, 1.807) is 13.4 Å². The molecule has 7 heteroatoms. The van der Waals surface area contributed by atoms with Crippen LogP contribution >= 0.6 is 24.0 Å². The topological polar surface area (TPSA) is 67.1 Å². The summed E-state index contributed by atoms with van der Waals surface area (Å²) in [7, 11) is 1.78. The van der Waals surface area contributed by atoms with Crippen molar-refractivity contribution in [3.05, 3.63) is 42.5 Å². The zero-order valence-electron chi connectivity index (χ0n) is 12.7. The van der Waals surface area contributed by atoms with E-state index in [1.165, 1.54) is 6.42 Å². The average Bonchev–Trinajstić information content (AvgIpc) is 3.02. The molecule has 1 aliphatic carbocycles. The van der Waals surface area contributed by atoms with Gasteiger partial charge in [0.05, 0.1) is 6.54 Å². The average molecular weight is 412 g/mol. The van der Waals surface area contributed by atoms with Gasteiger partial charge in [-0.15, -0.1) is 34.2 Å². The Morgan fingerprint density at radius 3 is 2.73 bits per heavy atom. The lowest BCUT2D eigenvalue weighted by Gasteiger charge is -2.12. The van der Waals surface area contributed by atoms with Crippen LogP contribution in [0.1, 0.15) is 19.2 Å². The number of benzene rings is 1. The molecule has 2 aromatic rings. The van der Waals surface area contributed by atoms with Crippen LogP contribution in [0, 0.1) is 5.92 Å². The first-order valence-electron chi connectivity index (χ1n) is 7.19. The SMILES string of the molecule is CN=C(NCc1nncn1-c1ccccc1)NC1CC1C.I. The van der Waals surface area contributed by atoms with Gasteiger partial charge in [-0.1, -0.05) is 25.1 Å². The minimum atomic E-state index is 0. The second kappa shape index (κ2) is 7.57. The first-order valence-corrected chi connectivity index (χ1v) is 7.19. The Labute approximate surface area is 147 Å². The van der Waals surface area contributed by atoms with Crippen molar-refractivity contribution >= 4 is 29.9 Å². The fourth-order valence-electron chi connectivity index (χ4n) is 2.24. The van der Waals surface area contributed by atoms with Crippen molar-refractivity contribution in [2.75, 3.05) is 7.05 Å². The summed E-state index contributed by atoms with van der Waals surface area (Å²) in [5.74, 6) is 2.40. The molecule has 1 saturated carbocycles. The third-order valence-electron chi connectivity index (χ3n) is 3.72. The van der Waals surface area contributed by atoms with E-state index in [0.29, 0.717) is 12.6 Å². The highest BCUT2D eigenvalue weighted by Gasteiger charge is 2.33. The van der Waals surface area contributed by atoms with Crippen molar-refractivity contribution in [3.63, 3.8) is 0 Å². The molecule has 1 aromatic carbocycles. The molecule has 6 nitrogen and oxygen atoms in total. The van der Waals surface area contributed by atoms with E-state index in [-0.39, 0.29) is 24.0 Å². The van der Waals surface area contributed by atoms with Crippen LogP contribution < -0.4 is 10.6 Å². The molecule has 1 heterocycles. The van der Waals surface area contributed by atoms with E-state index in [2.05, 4.69) is 32.7 Å². The third kappa shape index (κ3) is 3.96. The number of guanidine groups is 1. The number of aliphatic imine (C=N–C) groups is 1. The quantitative estimate of drug-likeness (QED) is 0.458. The summed E-state index contributed by atoms with van der Waals surface area (Å²) in [4.78, 5) is 4.24. The fraction of sp³-hybridized carbons (Fsp3) is 0.400. The summed E-state index contributed by atoms with van der Waals surface area (Å²) in [5.41, 5.74) is 1.05. The summed E-state index contributed by atoms with van der Waals surface area (Å²) in [5, 5.41) is 14.9. The standard InChI is InChI=1S/C15H20N6.HI/c1-11-8-13(11)19-15(16-2)17-9-14-20-18-10-21(14)12-6-4-3-5-7-12;/h3-7,10-11,13H,8-9H2,1-2H3,(H2,16,17,19);1H. The molecule has 2 unspecified atom stereocenters. The van der Waals surface area contributed by atoms with Crippen LogP contribution in [0.3, 0.4) is 0 Å². The van der Waals surface area contributed by atoms with Gasteiger partial charge in [-0.3, -0.25) is 9.56 Å². The summed E-state index contributed by atoms with van der Waals surface area (Å²) in [6.45, 7) is 2.81. The lowest BCUT2D eigenvalue weighted by atomic mass is 10.3. The monoisotopic (exact) mass is 412 g/mol. The Hall–Kier alpha value is -1.64. The maximum Gasteiger partial charge on any atom is 0.191 e. The molecule has 1 fully saturated rings. The molecular formula is C15H21IN6. The number of halogens is 1. The maximum atomic E-state index is 4.24. The van der Waals surface area contributed by atoms with Crippen LogP contribution in [0.5, 0.6) is 0 Å². The number of para-hydroxylation sites is 1. The van der Waals surface area contributed by atoms with Crippen molar-refractivity contribution in [2.45, 2.75) is 25.9 Å². The number of nitrogens with one attached hydrogen (secondary N) is 2. The number of nitrogens with zero attached hydrogens (tertiary/aromatic N) is 4. The molecule has 2 N–H and O–H groups in total. The molecule has 22 heavy (non-hydrogen) atoms. The van der Waals surface area contributed by atoms with E-state index < -0.39 is 0 Å². The number of hydrogen-bond donors (Lipinski definition) is 2. The molecule has 0 radical (unpaired) electrons. The summed E-state index contributed by atoms with van der Waals surface area (Å²) in [6.07, 6.45) is 2.94. The lowest BCUT2D eigenvalue weighted by Crippen LogP contribution is -2.39. The van der Waals surface area contributed by atoms with Gasteiger partial charge in [0.15, 0.2) is 11.8 Å². The highest BCUT2D eigenvalue weighted by atomic mass is 127. The second-order valence-electron chi connectivity index (χ2n) is 5.34. The van der Waals surface area contributed by atoms with Crippen LogP contribution in [0.15, 0.2) is 41.7 Å². The Kier molecular flexibility index (Phi) is 5.76. The van der Waals surface area contributed by atoms with Gasteiger partial charge < -0.3 is 10.6 Å². The predicted octanol–water partition coefficient (Wildman–Crippen LogP) is 1.96. The van der Waals surface area contributed by atoms with Gasteiger partial charge in [-0.25, -0.2) is 0 Å². The van der Waals surface area contributed by atoms with E-state index in [1.807, 2.05) is 34.9 Å². The van der Waals surface area contributed by atoms with Gasteiger partial charge in [0.1, 0.15) is 6.33 Å². The first kappa shape index (κ1) is 16.7. The van der Waals surface area contributed by atoms with Crippen molar-refractivity contribution in [2.24, 2.45) is 10.9 Å². The minimum Gasteiger partial charge on any atom is -0.353 e. The number of rotatable bonds is 4. The molecular weight excluding hydrogens is 391 g/mol. The zero-order valence-corrected chi connectivity index (χ0v) is 15.1. The molecule has 0 aliphatic heterocycles. The van der Waals surface area contributed by atoms with Gasteiger partial charge >= 0.3 is 0 Å². The Morgan fingerprint density at radius 1 is 1.36 bits per heavy atom. The van der Waals surface area contributed by atoms with E-state index in [4.69, 9.17) is 0 Å². The van der Waals surface area contributed by atoms with Crippen molar-refractivity contribution in [1.29, 1.82) is 0 Å². The molecule has 1 aromatic heterocycles. The molecule has 0 bridgehead atoms. The van der Waals surface area contributed by atoms with Crippen LogP contribution in [0.25, 0.3) is 5.69 Å². The van der Waals surface area contributed by atoms with E-state index in [0.717, 1.165) is 23.4 Å². The zero-order chi connectivity index (χ0) is 14.7. The molecule has 0 saturated heterocycles. The van der Waals surface area contributed by atoms with Crippen LogP contribution in [0.4, 0.5) is 0 Å². The van der Waals surface area contributed by atoms with Gasteiger partial charge in [0, 0.05) is 18.8 Å². The lowest BCUT2D eigenvalue weighted by molar-refractivity contribution is 0.734. The second-order valence-corrected chi connectivity index (χ2v) is 5.34. The Balaban J connectivity index is 0.00000176. The van der Waals surface area contributed by atoms with Gasteiger partial charge in [-0.05, 0) is 24.5 Å². The minimum absolute atomic E-state index is 0. The van der Waals surface area contributed by atoms with Crippen molar-refractivity contribution in [1.82, 2.24) is 25.4 Å². The number of aromatic nitrogens is 3. The molecule has 0 amide bonds. The number of hydrogen-bond acceptors (Lipinski definition) is 3. The molecule has 118 valence electrons. The smallest absolute Gasteiger partial charge is 0.191 e. The Morgan fingerprint density at radius 2 is 2.09 bits per heavy atom. The van der Waals surface area contributed by atoms with Gasteiger partial charge in [-0.2, -0.15) is 0 Å². The molecule has 0 spiro atoms. The van der Waals surface area contributed by atoms with E-state index >= 15 is 0 Å². The molecule has 2 atom stereocenters. The fourth-order valence-corrected chi connectivity index (χ4v) is 2.24. The highest BCUT2D eigenvalue weighted by molar-refractivity contribution is 14.0. The molecule has 1 aliphatic rings. The van der Waals surface area contributed by atoms with Crippen molar-refractivity contribution < 1.29 is 0 Å². The van der Waals surface area contributed by atoms with Gasteiger partial charge in [0.2, 0.25) is 0 Å². The van der Waals surface area contributed by atoms with E-state index in [9.17, 15) is 0 Å². The maximum absolute atomic E-state index is 4.24.